The molecule has 2 aromatic rings. The van der Waals surface area contributed by atoms with Gasteiger partial charge in [-0.05, 0) is 29.7 Å². The van der Waals surface area contributed by atoms with Crippen molar-refractivity contribution in [1.82, 2.24) is 5.32 Å². The number of rotatable bonds is 6. The van der Waals surface area contributed by atoms with Crippen LogP contribution in [0.3, 0.4) is 0 Å². The van der Waals surface area contributed by atoms with Crippen LogP contribution in [-0.2, 0) is 21.5 Å². The Kier molecular flexibility index (Phi) is 4.61. The molecule has 0 saturated carbocycles. The lowest BCUT2D eigenvalue weighted by Gasteiger charge is -2.30. The molecule has 1 aliphatic heterocycles. The molecule has 0 aromatic heterocycles. The fourth-order valence-corrected chi connectivity index (χ4v) is 2.93. The van der Waals surface area contributed by atoms with Gasteiger partial charge in [-0.15, -0.1) is 0 Å². The number of ether oxygens (including phenoxy) is 2. The monoisotopic (exact) mass is 341 g/mol. The average molecular weight is 341 g/mol. The molecule has 1 unspecified atom stereocenters. The van der Waals surface area contributed by atoms with Crippen LogP contribution in [0.2, 0.25) is 0 Å². The maximum absolute atomic E-state index is 12.5. The predicted octanol–water partition coefficient (Wildman–Crippen LogP) is 2.46. The fourth-order valence-electron chi connectivity index (χ4n) is 2.93. The minimum absolute atomic E-state index is 0.0541. The van der Waals surface area contributed by atoms with Crippen LogP contribution in [0.5, 0.6) is 11.5 Å². The topological polar surface area (TPSA) is 84.9 Å². The summed E-state index contributed by atoms with van der Waals surface area (Å²) in [5.74, 6) is -0.220. The average Bonchev–Trinajstić information content (AvgIpc) is 3.08. The summed E-state index contributed by atoms with van der Waals surface area (Å²) in [5.41, 5.74) is -0.177. The van der Waals surface area contributed by atoms with Crippen LogP contribution in [-0.4, -0.2) is 23.8 Å². The molecule has 0 aliphatic carbocycles. The number of benzene rings is 2. The van der Waals surface area contributed by atoms with Crippen LogP contribution in [0.1, 0.15) is 24.5 Å². The molecule has 1 atom stereocenters. The smallest absolute Gasteiger partial charge is 0.334 e. The Hall–Kier alpha value is -3.02. The van der Waals surface area contributed by atoms with Crippen LogP contribution in [0.25, 0.3) is 0 Å². The Morgan fingerprint density at radius 3 is 2.52 bits per heavy atom. The highest BCUT2D eigenvalue weighted by molar-refractivity contribution is 5.89. The van der Waals surface area contributed by atoms with Gasteiger partial charge in [-0.1, -0.05) is 43.3 Å². The van der Waals surface area contributed by atoms with E-state index >= 15 is 0 Å². The summed E-state index contributed by atoms with van der Waals surface area (Å²) in [6, 6.07) is 14.0. The quantitative estimate of drug-likeness (QED) is 0.843. The maximum Gasteiger partial charge on any atom is 0.334 e. The first-order valence-corrected chi connectivity index (χ1v) is 8.03. The molecule has 6 heteroatoms. The first kappa shape index (κ1) is 16.8. The second-order valence-corrected chi connectivity index (χ2v) is 5.84. The minimum Gasteiger partial charge on any atom is -0.479 e. The van der Waals surface area contributed by atoms with Crippen LogP contribution in [0.15, 0.2) is 48.5 Å². The van der Waals surface area contributed by atoms with E-state index in [9.17, 15) is 14.7 Å². The van der Waals surface area contributed by atoms with Gasteiger partial charge in [0, 0.05) is 0 Å². The van der Waals surface area contributed by atoms with Gasteiger partial charge in [-0.3, -0.25) is 4.79 Å². The van der Waals surface area contributed by atoms with Crippen molar-refractivity contribution in [3.05, 3.63) is 59.7 Å². The normalized spacial score (nSPS) is 14.6. The van der Waals surface area contributed by atoms with Crippen molar-refractivity contribution in [1.29, 1.82) is 0 Å². The number of carbonyl (C=O) groups is 2. The van der Waals surface area contributed by atoms with Crippen molar-refractivity contribution in [2.24, 2.45) is 0 Å². The van der Waals surface area contributed by atoms with Gasteiger partial charge in [-0.25, -0.2) is 4.79 Å². The highest BCUT2D eigenvalue weighted by Gasteiger charge is 2.40. The molecule has 130 valence electrons. The summed E-state index contributed by atoms with van der Waals surface area (Å²) in [4.78, 5) is 24.5. The van der Waals surface area contributed by atoms with E-state index < -0.39 is 11.5 Å². The van der Waals surface area contributed by atoms with E-state index in [-0.39, 0.29) is 25.5 Å². The fraction of sp³-hybridized carbons (Fsp3) is 0.263. The first-order chi connectivity index (χ1) is 12.0. The molecular weight excluding hydrogens is 322 g/mol. The zero-order valence-corrected chi connectivity index (χ0v) is 13.8. The number of amides is 1. The highest BCUT2D eigenvalue weighted by atomic mass is 16.7. The largest absolute Gasteiger partial charge is 0.479 e. The lowest BCUT2D eigenvalue weighted by Crippen LogP contribution is -2.52. The van der Waals surface area contributed by atoms with Crippen molar-refractivity contribution in [3.63, 3.8) is 0 Å². The third kappa shape index (κ3) is 3.28. The van der Waals surface area contributed by atoms with Crippen LogP contribution in [0.4, 0.5) is 0 Å². The summed E-state index contributed by atoms with van der Waals surface area (Å²) in [6.07, 6.45) is 0.289. The van der Waals surface area contributed by atoms with E-state index in [0.717, 1.165) is 5.56 Å². The van der Waals surface area contributed by atoms with Crippen molar-refractivity contribution in [2.75, 3.05) is 6.79 Å². The molecule has 0 fully saturated rings. The van der Waals surface area contributed by atoms with Crippen LogP contribution in [0, 0.1) is 0 Å². The summed E-state index contributed by atoms with van der Waals surface area (Å²) in [7, 11) is 0. The van der Waals surface area contributed by atoms with Gasteiger partial charge in [0.1, 0.15) is 0 Å². The molecule has 0 saturated heterocycles. The Balaban J connectivity index is 1.80. The zero-order valence-electron chi connectivity index (χ0n) is 13.8. The lowest BCUT2D eigenvalue weighted by atomic mass is 9.87. The molecule has 1 aliphatic rings. The van der Waals surface area contributed by atoms with Gasteiger partial charge < -0.3 is 19.9 Å². The number of carboxylic acids is 1. The molecule has 1 heterocycles. The van der Waals surface area contributed by atoms with Crippen LogP contribution < -0.4 is 14.8 Å². The van der Waals surface area contributed by atoms with E-state index in [1.54, 1.807) is 55.5 Å². The Bertz CT molecular complexity index is 790. The number of aliphatic carboxylic acids is 1. The number of hydrogen-bond donors (Lipinski definition) is 2. The third-order valence-electron chi connectivity index (χ3n) is 4.32. The van der Waals surface area contributed by atoms with Gasteiger partial charge in [-0.2, -0.15) is 0 Å². The molecule has 25 heavy (non-hydrogen) atoms. The number of nitrogens with one attached hydrogen (secondary N) is 1. The summed E-state index contributed by atoms with van der Waals surface area (Å²) in [5, 5.41) is 12.5. The molecule has 2 aromatic carbocycles. The molecule has 2 N–H and O–H groups in total. The number of carbonyl (C=O) groups excluding carboxylic acids is 1. The third-order valence-corrected chi connectivity index (χ3v) is 4.32. The highest BCUT2D eigenvalue weighted by Crippen LogP contribution is 2.33. The SMILES string of the molecule is CCC(NC(=O)Cc1ccc2c(c1)OCO2)(C(=O)O)c1ccccc1. The van der Waals surface area contributed by atoms with Gasteiger partial charge in [0.25, 0.3) is 0 Å². The van der Waals surface area contributed by atoms with Crippen molar-refractivity contribution < 1.29 is 24.2 Å². The van der Waals surface area contributed by atoms with E-state index in [4.69, 9.17) is 9.47 Å². The summed E-state index contributed by atoms with van der Waals surface area (Å²) < 4.78 is 10.5. The second-order valence-electron chi connectivity index (χ2n) is 5.84. The molecule has 3 rings (SSSR count). The molecule has 1 amide bonds. The van der Waals surface area contributed by atoms with Crippen molar-refractivity contribution in [2.45, 2.75) is 25.3 Å². The van der Waals surface area contributed by atoms with Gasteiger partial charge in [0.05, 0.1) is 6.42 Å². The Labute approximate surface area is 145 Å². The van der Waals surface area contributed by atoms with E-state index in [2.05, 4.69) is 5.32 Å². The first-order valence-electron chi connectivity index (χ1n) is 8.03. The number of fused-ring (bicyclic) bond motifs is 1. The molecule has 0 radical (unpaired) electrons. The Morgan fingerprint density at radius 1 is 1.12 bits per heavy atom. The molecule has 0 bridgehead atoms. The van der Waals surface area contributed by atoms with Crippen molar-refractivity contribution >= 4 is 11.9 Å². The van der Waals surface area contributed by atoms with Crippen molar-refractivity contribution in [3.8, 4) is 11.5 Å². The maximum atomic E-state index is 12.5. The zero-order chi connectivity index (χ0) is 17.9. The number of hydrogen-bond acceptors (Lipinski definition) is 4. The second kappa shape index (κ2) is 6.84. The lowest BCUT2D eigenvalue weighted by molar-refractivity contribution is -0.148. The standard InChI is InChI=1S/C19H19NO5/c1-2-19(18(22)23,14-6-4-3-5-7-14)20-17(21)11-13-8-9-15-16(10-13)25-12-24-15/h3-10H,2,11-12H2,1H3,(H,20,21)(H,22,23). The van der Waals surface area contributed by atoms with Gasteiger partial charge in [0.2, 0.25) is 12.7 Å². The molecule has 0 spiro atoms. The van der Waals surface area contributed by atoms with Gasteiger partial charge in [0.15, 0.2) is 17.0 Å². The van der Waals surface area contributed by atoms with E-state index in [0.29, 0.717) is 17.1 Å². The van der Waals surface area contributed by atoms with E-state index in [1.807, 2.05) is 0 Å². The number of carboxylic acid groups (broad SMARTS) is 1. The van der Waals surface area contributed by atoms with Gasteiger partial charge >= 0.3 is 5.97 Å². The molecule has 6 nitrogen and oxygen atoms in total. The summed E-state index contributed by atoms with van der Waals surface area (Å²) >= 11 is 0. The predicted molar refractivity (Wildman–Crippen MR) is 90.5 cm³/mol. The summed E-state index contributed by atoms with van der Waals surface area (Å²) in [6.45, 7) is 1.90. The van der Waals surface area contributed by atoms with E-state index in [1.165, 1.54) is 0 Å². The Morgan fingerprint density at radius 2 is 1.84 bits per heavy atom. The minimum atomic E-state index is -1.45. The van der Waals surface area contributed by atoms with Crippen LogP contribution >= 0.6 is 0 Å². The molecular formula is C19H19NO5.